The third-order valence-corrected chi connectivity index (χ3v) is 12.1. The molecule has 0 N–H and O–H groups in total. The number of hydrogen-bond acceptors (Lipinski definition) is 2. The third kappa shape index (κ3) is 11.0. The Morgan fingerprint density at radius 2 is 0.531 bits per heavy atom. The first-order valence-electron chi connectivity index (χ1n) is 25.8. The van der Waals surface area contributed by atoms with Gasteiger partial charge in [0.1, 0.15) is 0 Å². The summed E-state index contributed by atoms with van der Waals surface area (Å²) >= 11 is 0. The summed E-state index contributed by atoms with van der Waals surface area (Å²) < 4.78 is 0. The number of hydrogen-bond donors (Lipinski definition) is 0. The maximum atomic E-state index is 2.54. The highest BCUT2D eigenvalue weighted by Gasteiger charge is 2.33. The Hall–Kier alpha value is -5.08. The molecule has 6 aromatic rings. The number of aryl methyl sites for hydroxylation is 5. The van der Waals surface area contributed by atoms with Crippen LogP contribution in [0, 0.1) is 0 Å². The molecular formula is C62H86N2. The van der Waals surface area contributed by atoms with E-state index < -0.39 is 0 Å². The van der Waals surface area contributed by atoms with Crippen molar-refractivity contribution in [1.29, 1.82) is 0 Å². The fraction of sp³-hybridized carbons (Fsp3) is 0.419. The summed E-state index contributed by atoms with van der Waals surface area (Å²) in [7, 11) is 0. The van der Waals surface area contributed by atoms with Gasteiger partial charge in [0.15, 0.2) is 0 Å². The summed E-state index contributed by atoms with van der Waals surface area (Å²) in [6.45, 7) is 35.3. The number of nitrogens with zero attached hydrogens (tertiary/aromatic N) is 2. The molecule has 0 aliphatic carbocycles. The fourth-order valence-corrected chi connectivity index (χ4v) is 9.28. The van der Waals surface area contributed by atoms with Crippen LogP contribution in [0.4, 0.5) is 34.1 Å². The second kappa shape index (κ2) is 26.6. The molecule has 0 aromatic heterocycles. The number of anilines is 6. The van der Waals surface area contributed by atoms with Crippen LogP contribution in [0.1, 0.15) is 190 Å². The molecule has 0 radical (unpaired) electrons. The summed E-state index contributed by atoms with van der Waals surface area (Å²) in [5, 5.41) is 0. The van der Waals surface area contributed by atoms with E-state index in [1.54, 1.807) is 0 Å². The Balaban J connectivity index is 0.000000277. The maximum absolute atomic E-state index is 2.54. The number of rotatable bonds is 5. The molecule has 2 nitrogen and oxygen atoms in total. The zero-order chi connectivity index (χ0) is 47.5. The van der Waals surface area contributed by atoms with Gasteiger partial charge in [-0.15, -0.1) is 0 Å². The molecule has 0 spiro atoms. The van der Waals surface area contributed by atoms with E-state index in [-0.39, 0.29) is 0 Å². The molecule has 10 rings (SSSR count). The summed E-state index contributed by atoms with van der Waals surface area (Å²) in [6.07, 6.45) is 9.69. The molecule has 64 heavy (non-hydrogen) atoms. The molecule has 0 saturated heterocycles. The molecule has 4 heterocycles. The Bertz CT molecular complexity index is 2280. The van der Waals surface area contributed by atoms with E-state index in [2.05, 4.69) is 148 Å². The van der Waals surface area contributed by atoms with Gasteiger partial charge in [0.05, 0.1) is 11.4 Å². The molecule has 0 atom stereocenters. The molecular weight excluding hydrogens is 773 g/mol. The zero-order valence-electron chi connectivity index (χ0n) is 43.6. The van der Waals surface area contributed by atoms with Gasteiger partial charge >= 0.3 is 0 Å². The van der Waals surface area contributed by atoms with E-state index >= 15 is 0 Å². The second-order valence-corrected chi connectivity index (χ2v) is 15.2. The lowest BCUT2D eigenvalue weighted by atomic mass is 9.84. The topological polar surface area (TPSA) is 6.48 Å². The molecule has 4 aliphatic heterocycles. The van der Waals surface area contributed by atoms with E-state index in [0.717, 1.165) is 57.8 Å². The van der Waals surface area contributed by atoms with Crippen LogP contribution in [0.5, 0.6) is 0 Å². The second-order valence-electron chi connectivity index (χ2n) is 15.2. The Morgan fingerprint density at radius 3 is 0.828 bits per heavy atom. The molecule has 0 bridgehead atoms. The first-order valence-corrected chi connectivity index (χ1v) is 25.8. The molecule has 4 aliphatic rings. The van der Waals surface area contributed by atoms with Crippen molar-refractivity contribution in [2.24, 2.45) is 0 Å². The number of benzene rings is 6. The summed E-state index contributed by atoms with van der Waals surface area (Å²) in [6, 6.07) is 39.8. The maximum Gasteiger partial charge on any atom is 0.0532 e. The minimum absolute atomic E-state index is 1.05. The zero-order valence-corrected chi connectivity index (χ0v) is 43.6. The van der Waals surface area contributed by atoms with Crippen molar-refractivity contribution in [3.63, 3.8) is 0 Å². The van der Waals surface area contributed by atoms with Crippen molar-refractivity contribution >= 4 is 34.1 Å². The minimum atomic E-state index is 1.05. The van der Waals surface area contributed by atoms with Crippen LogP contribution >= 0.6 is 0 Å². The van der Waals surface area contributed by atoms with E-state index in [9.17, 15) is 0 Å². The van der Waals surface area contributed by atoms with Gasteiger partial charge in [0.2, 0.25) is 0 Å². The Morgan fingerprint density at radius 1 is 0.281 bits per heavy atom. The van der Waals surface area contributed by atoms with Gasteiger partial charge in [-0.25, -0.2) is 0 Å². The van der Waals surface area contributed by atoms with Crippen LogP contribution in [0.25, 0.3) is 0 Å². The lowest BCUT2D eigenvalue weighted by Gasteiger charge is -2.40. The van der Waals surface area contributed by atoms with Crippen molar-refractivity contribution in [2.45, 2.75) is 175 Å². The van der Waals surface area contributed by atoms with Gasteiger partial charge < -0.3 is 9.80 Å². The van der Waals surface area contributed by atoms with Crippen LogP contribution in [0.2, 0.25) is 0 Å². The predicted molar refractivity (Wildman–Crippen MR) is 288 cm³/mol. The summed E-state index contributed by atoms with van der Waals surface area (Å²) in [5.41, 5.74) is 27.4. The van der Waals surface area contributed by atoms with Gasteiger partial charge in [-0.05, 0) is 129 Å². The van der Waals surface area contributed by atoms with Gasteiger partial charge in [-0.3, -0.25) is 0 Å². The smallest absolute Gasteiger partial charge is 0.0532 e. The highest BCUT2D eigenvalue weighted by Crippen LogP contribution is 2.52. The van der Waals surface area contributed by atoms with Crippen molar-refractivity contribution in [2.75, 3.05) is 9.80 Å². The monoisotopic (exact) mass is 859 g/mol. The van der Waals surface area contributed by atoms with E-state index in [1.165, 1.54) is 106 Å². The van der Waals surface area contributed by atoms with Gasteiger partial charge in [0, 0.05) is 48.4 Å². The average Bonchev–Trinajstić information content (AvgIpc) is 3.38. The quantitative estimate of drug-likeness (QED) is 0.170. The normalized spacial score (nSPS) is 11.8. The van der Waals surface area contributed by atoms with E-state index in [0.29, 0.717) is 0 Å². The van der Waals surface area contributed by atoms with Crippen molar-refractivity contribution in [1.82, 2.24) is 0 Å². The molecule has 0 fully saturated rings. The molecule has 2 heteroatoms. The third-order valence-electron chi connectivity index (χ3n) is 12.1. The van der Waals surface area contributed by atoms with Crippen LogP contribution in [0.3, 0.4) is 0 Å². The largest absolute Gasteiger partial charge is 0.309 e. The fourth-order valence-electron chi connectivity index (χ4n) is 9.28. The summed E-state index contributed by atoms with van der Waals surface area (Å²) in [4.78, 5) is 5.06. The van der Waals surface area contributed by atoms with Crippen LogP contribution in [-0.4, -0.2) is 0 Å². The van der Waals surface area contributed by atoms with Crippen molar-refractivity contribution < 1.29 is 0 Å². The van der Waals surface area contributed by atoms with Crippen LogP contribution < -0.4 is 9.80 Å². The Kier molecular flexibility index (Phi) is 22.2. The lowest BCUT2D eigenvalue weighted by molar-refractivity contribution is 0.980. The standard InChI is InChI=1S/C26H27N.C24H23N.6C2H6/c1-4-17-7-9-24-20(11-17)15-22-13-19(6-3)14-23-16-21-12-18(5-2)8-10-25(21)27(24)26(22)23;1-3-16-9-10-23-19(11-16)15-21-13-17(4-2)12-20-14-18-7-5-6-8-22(18)25(23)24(20)21;6*1-2/h7-14H,4-6,15-16H2,1-3H3;5-13H,3-4,14-15H2,1-2H3;6*1-2H3. The predicted octanol–water partition coefficient (Wildman–Crippen LogP) is 18.9. The van der Waals surface area contributed by atoms with Gasteiger partial charge in [0.25, 0.3) is 0 Å². The first kappa shape index (κ1) is 53.3. The Labute approximate surface area is 393 Å². The number of fused-ring (bicyclic) bond motifs is 8. The highest BCUT2D eigenvalue weighted by molar-refractivity contribution is 5.91. The van der Waals surface area contributed by atoms with Crippen LogP contribution in [0.15, 0.2) is 103 Å². The molecule has 0 unspecified atom stereocenters. The average molecular weight is 859 g/mol. The SMILES string of the molecule is CC.CC.CC.CC.CC.CC.CCc1ccc2c(c1)Cc1cc(CC)cc3c1N2c1ccc(CC)cc1C3.CCc1ccc2c(c1)Cc1cc(CC)cc3c1N2c1ccccc1C3. The van der Waals surface area contributed by atoms with Gasteiger partial charge in [-0.1, -0.05) is 197 Å². The summed E-state index contributed by atoms with van der Waals surface area (Å²) in [5.74, 6) is 0. The molecule has 0 saturated carbocycles. The van der Waals surface area contributed by atoms with Crippen molar-refractivity contribution in [3.8, 4) is 0 Å². The number of para-hydroxylation sites is 1. The molecule has 6 aromatic carbocycles. The van der Waals surface area contributed by atoms with E-state index in [1.807, 2.05) is 83.1 Å². The minimum Gasteiger partial charge on any atom is -0.309 e. The highest BCUT2D eigenvalue weighted by atomic mass is 15.2. The van der Waals surface area contributed by atoms with E-state index in [4.69, 9.17) is 0 Å². The van der Waals surface area contributed by atoms with Crippen LogP contribution in [-0.2, 0) is 57.8 Å². The van der Waals surface area contributed by atoms with Gasteiger partial charge in [-0.2, -0.15) is 0 Å². The van der Waals surface area contributed by atoms with Crippen molar-refractivity contribution in [3.05, 3.63) is 175 Å². The molecule has 344 valence electrons. The molecule has 0 amide bonds. The lowest BCUT2D eigenvalue weighted by Crippen LogP contribution is -2.25. The first-order chi connectivity index (χ1) is 31.5.